The second kappa shape index (κ2) is 4.45. The van der Waals surface area contributed by atoms with Gasteiger partial charge in [-0.2, -0.15) is 0 Å². The van der Waals surface area contributed by atoms with Crippen molar-refractivity contribution in [1.82, 2.24) is 4.98 Å². The minimum absolute atomic E-state index is 0.447. The van der Waals surface area contributed by atoms with Crippen LogP contribution in [0.2, 0.25) is 0 Å². The zero-order valence-corrected chi connectivity index (χ0v) is 9.66. The minimum atomic E-state index is 0.447. The van der Waals surface area contributed by atoms with Crippen molar-refractivity contribution in [3.8, 4) is 5.75 Å². The lowest BCUT2D eigenvalue weighted by molar-refractivity contribution is 0.412. The molecule has 0 atom stereocenters. The molecule has 78 valence electrons. The van der Waals surface area contributed by atoms with Crippen molar-refractivity contribution in [3.05, 3.63) is 23.5 Å². The predicted molar refractivity (Wildman–Crippen MR) is 59.0 cm³/mol. The van der Waals surface area contributed by atoms with Crippen LogP contribution < -0.4 is 4.74 Å². The van der Waals surface area contributed by atoms with Crippen LogP contribution in [-0.4, -0.2) is 12.1 Å². The topological polar surface area (TPSA) is 22.1 Å². The summed E-state index contributed by atoms with van der Waals surface area (Å²) in [5, 5.41) is 0. The van der Waals surface area contributed by atoms with Gasteiger partial charge in [0.25, 0.3) is 0 Å². The first-order valence-corrected chi connectivity index (χ1v) is 5.10. The monoisotopic (exact) mass is 193 g/mol. The molecule has 1 aromatic heterocycles. The SMILES string of the molecule is COc1cc(C(C)C)nc(C(C)C)c1. The molecule has 1 rings (SSSR count). The van der Waals surface area contributed by atoms with Crippen LogP contribution in [0.15, 0.2) is 12.1 Å². The van der Waals surface area contributed by atoms with E-state index in [-0.39, 0.29) is 0 Å². The Hall–Kier alpha value is -1.05. The Balaban J connectivity index is 3.13. The largest absolute Gasteiger partial charge is 0.497 e. The van der Waals surface area contributed by atoms with Crippen LogP contribution in [-0.2, 0) is 0 Å². The van der Waals surface area contributed by atoms with Gasteiger partial charge in [-0.1, -0.05) is 27.7 Å². The van der Waals surface area contributed by atoms with E-state index in [1.54, 1.807) is 7.11 Å². The van der Waals surface area contributed by atoms with Crippen LogP contribution in [0.5, 0.6) is 5.75 Å². The molecule has 0 fully saturated rings. The van der Waals surface area contributed by atoms with Gasteiger partial charge >= 0.3 is 0 Å². The first kappa shape index (κ1) is 11.0. The number of nitrogens with zero attached hydrogens (tertiary/aromatic N) is 1. The molecular weight excluding hydrogens is 174 g/mol. The number of methoxy groups -OCH3 is 1. The van der Waals surface area contributed by atoms with E-state index in [0.717, 1.165) is 17.1 Å². The molecule has 0 bridgehead atoms. The van der Waals surface area contributed by atoms with E-state index in [9.17, 15) is 0 Å². The van der Waals surface area contributed by atoms with E-state index in [2.05, 4.69) is 32.7 Å². The fourth-order valence-electron chi connectivity index (χ4n) is 1.26. The van der Waals surface area contributed by atoms with Crippen LogP contribution in [0.25, 0.3) is 0 Å². The minimum Gasteiger partial charge on any atom is -0.497 e. The summed E-state index contributed by atoms with van der Waals surface area (Å²) in [6.07, 6.45) is 0. The summed E-state index contributed by atoms with van der Waals surface area (Å²) in [6.45, 7) is 8.58. The lowest BCUT2D eigenvalue weighted by Crippen LogP contribution is -2.00. The summed E-state index contributed by atoms with van der Waals surface area (Å²) in [7, 11) is 1.70. The lowest BCUT2D eigenvalue weighted by atomic mass is 10.1. The van der Waals surface area contributed by atoms with Gasteiger partial charge in [-0.25, -0.2) is 0 Å². The molecule has 0 unspecified atom stereocenters. The van der Waals surface area contributed by atoms with E-state index in [1.165, 1.54) is 0 Å². The summed E-state index contributed by atoms with van der Waals surface area (Å²) >= 11 is 0. The maximum absolute atomic E-state index is 5.26. The highest BCUT2D eigenvalue weighted by molar-refractivity contribution is 5.29. The Morgan fingerprint density at radius 3 is 1.71 bits per heavy atom. The summed E-state index contributed by atoms with van der Waals surface area (Å²) in [6, 6.07) is 4.02. The van der Waals surface area contributed by atoms with Crippen molar-refractivity contribution in [2.24, 2.45) is 0 Å². The van der Waals surface area contributed by atoms with Crippen molar-refractivity contribution in [2.45, 2.75) is 39.5 Å². The maximum Gasteiger partial charge on any atom is 0.122 e. The first-order valence-electron chi connectivity index (χ1n) is 5.10. The third-order valence-corrected chi connectivity index (χ3v) is 2.26. The molecule has 14 heavy (non-hydrogen) atoms. The molecule has 0 spiro atoms. The van der Waals surface area contributed by atoms with Crippen LogP contribution in [0.3, 0.4) is 0 Å². The number of pyridine rings is 1. The van der Waals surface area contributed by atoms with E-state index >= 15 is 0 Å². The molecule has 0 aliphatic heterocycles. The molecule has 0 amide bonds. The molecular formula is C12H19NO. The van der Waals surface area contributed by atoms with E-state index in [4.69, 9.17) is 4.74 Å². The molecule has 0 N–H and O–H groups in total. The molecule has 0 saturated carbocycles. The standard InChI is InChI=1S/C12H19NO/c1-8(2)11-6-10(14-5)7-12(13-11)9(3)4/h6-9H,1-5H3. The molecule has 1 aromatic rings. The Bertz CT molecular complexity index is 279. The number of hydrogen-bond acceptors (Lipinski definition) is 2. The average molecular weight is 193 g/mol. The van der Waals surface area contributed by atoms with E-state index in [0.29, 0.717) is 11.8 Å². The number of hydrogen-bond donors (Lipinski definition) is 0. The zero-order chi connectivity index (χ0) is 10.7. The van der Waals surface area contributed by atoms with Gasteiger partial charge in [0.1, 0.15) is 5.75 Å². The summed E-state index contributed by atoms with van der Waals surface area (Å²) in [5.41, 5.74) is 2.21. The quantitative estimate of drug-likeness (QED) is 0.734. The molecule has 1 heterocycles. The third kappa shape index (κ3) is 2.47. The maximum atomic E-state index is 5.26. The van der Waals surface area contributed by atoms with E-state index < -0.39 is 0 Å². The second-order valence-corrected chi connectivity index (χ2v) is 4.17. The molecule has 2 heteroatoms. The zero-order valence-electron chi connectivity index (χ0n) is 9.66. The third-order valence-electron chi connectivity index (χ3n) is 2.26. The lowest BCUT2D eigenvalue weighted by Gasteiger charge is -2.12. The van der Waals surface area contributed by atoms with Gasteiger partial charge in [0, 0.05) is 23.5 Å². The summed E-state index contributed by atoms with van der Waals surface area (Å²) < 4.78 is 5.26. The highest BCUT2D eigenvalue weighted by Crippen LogP contribution is 2.23. The Labute approximate surface area is 86.3 Å². The van der Waals surface area contributed by atoms with Crippen LogP contribution in [0.1, 0.15) is 50.9 Å². The fraction of sp³-hybridized carbons (Fsp3) is 0.583. The number of ether oxygens (including phenoxy) is 1. The van der Waals surface area contributed by atoms with Gasteiger partial charge < -0.3 is 4.74 Å². The van der Waals surface area contributed by atoms with Crippen molar-refractivity contribution in [3.63, 3.8) is 0 Å². The molecule has 0 aromatic carbocycles. The van der Waals surface area contributed by atoms with Gasteiger partial charge in [0.05, 0.1) is 7.11 Å². The van der Waals surface area contributed by atoms with Crippen LogP contribution in [0.4, 0.5) is 0 Å². The summed E-state index contributed by atoms with van der Waals surface area (Å²) in [5.74, 6) is 1.80. The van der Waals surface area contributed by atoms with Gasteiger partial charge in [0.2, 0.25) is 0 Å². The fourth-order valence-corrected chi connectivity index (χ4v) is 1.26. The molecule has 2 nitrogen and oxygen atoms in total. The molecule has 0 aliphatic carbocycles. The second-order valence-electron chi connectivity index (χ2n) is 4.17. The molecule has 0 radical (unpaired) electrons. The van der Waals surface area contributed by atoms with Gasteiger partial charge in [-0.05, 0) is 11.8 Å². The van der Waals surface area contributed by atoms with Gasteiger partial charge in [-0.15, -0.1) is 0 Å². The van der Waals surface area contributed by atoms with Crippen molar-refractivity contribution < 1.29 is 4.74 Å². The van der Waals surface area contributed by atoms with Gasteiger partial charge in [0.15, 0.2) is 0 Å². The van der Waals surface area contributed by atoms with Crippen LogP contribution in [0, 0.1) is 0 Å². The normalized spacial score (nSPS) is 11.1. The van der Waals surface area contributed by atoms with Crippen molar-refractivity contribution in [1.29, 1.82) is 0 Å². The van der Waals surface area contributed by atoms with Crippen LogP contribution >= 0.6 is 0 Å². The Kier molecular flexibility index (Phi) is 3.50. The average Bonchev–Trinajstić information content (AvgIpc) is 2.16. The number of aromatic nitrogens is 1. The first-order chi connectivity index (χ1) is 6.54. The van der Waals surface area contributed by atoms with Crippen molar-refractivity contribution in [2.75, 3.05) is 7.11 Å². The predicted octanol–water partition coefficient (Wildman–Crippen LogP) is 3.34. The molecule has 0 aliphatic rings. The van der Waals surface area contributed by atoms with E-state index in [1.807, 2.05) is 12.1 Å². The van der Waals surface area contributed by atoms with Crippen molar-refractivity contribution >= 4 is 0 Å². The smallest absolute Gasteiger partial charge is 0.122 e. The Morgan fingerprint density at radius 2 is 1.43 bits per heavy atom. The number of rotatable bonds is 3. The Morgan fingerprint density at radius 1 is 1.00 bits per heavy atom. The molecule has 0 saturated heterocycles. The van der Waals surface area contributed by atoms with Gasteiger partial charge in [-0.3, -0.25) is 4.98 Å². The highest BCUT2D eigenvalue weighted by Gasteiger charge is 2.08. The summed E-state index contributed by atoms with van der Waals surface area (Å²) in [4.78, 5) is 4.60. The highest BCUT2D eigenvalue weighted by atomic mass is 16.5.